The molecule has 15 heavy (non-hydrogen) atoms. The molecule has 0 radical (unpaired) electrons. The van der Waals surface area contributed by atoms with Crippen LogP contribution in [0.1, 0.15) is 39.0 Å². The zero-order chi connectivity index (χ0) is 10.7. The van der Waals surface area contributed by atoms with Gasteiger partial charge in [0, 0.05) is 37.2 Å². The molecule has 2 heterocycles. The van der Waals surface area contributed by atoms with E-state index in [1.165, 1.54) is 31.6 Å². The van der Waals surface area contributed by atoms with Gasteiger partial charge in [-0.15, -0.1) is 0 Å². The normalized spacial score (nSPS) is 31.9. The van der Waals surface area contributed by atoms with Crippen LogP contribution < -0.4 is 0 Å². The standard InChI is InChI=1S/C12H21NOS/c1-2-3-6-15-12-8-10-7-11(14)4-5-13(10)9-12/h10,12H,2-9H2,1H3/t10-,12-/m0/s1. The lowest BCUT2D eigenvalue weighted by molar-refractivity contribution is -0.122. The van der Waals surface area contributed by atoms with Crippen LogP contribution >= 0.6 is 11.8 Å². The summed E-state index contributed by atoms with van der Waals surface area (Å²) in [7, 11) is 0. The van der Waals surface area contributed by atoms with Crippen molar-refractivity contribution in [3.8, 4) is 0 Å². The van der Waals surface area contributed by atoms with Gasteiger partial charge in [0.05, 0.1) is 0 Å². The Labute approximate surface area is 96.8 Å². The molecular formula is C12H21NOS. The van der Waals surface area contributed by atoms with Crippen molar-refractivity contribution in [1.82, 2.24) is 4.90 Å². The molecule has 0 amide bonds. The molecule has 0 aliphatic carbocycles. The molecule has 0 aromatic heterocycles. The van der Waals surface area contributed by atoms with Gasteiger partial charge in [-0.1, -0.05) is 13.3 Å². The number of piperidine rings is 1. The smallest absolute Gasteiger partial charge is 0.135 e. The van der Waals surface area contributed by atoms with Crippen LogP contribution in [0.5, 0.6) is 0 Å². The van der Waals surface area contributed by atoms with E-state index in [0.29, 0.717) is 11.8 Å². The van der Waals surface area contributed by atoms with Gasteiger partial charge in [-0.05, 0) is 18.6 Å². The van der Waals surface area contributed by atoms with Crippen molar-refractivity contribution in [3.63, 3.8) is 0 Å². The van der Waals surface area contributed by atoms with E-state index < -0.39 is 0 Å². The number of nitrogens with zero attached hydrogens (tertiary/aromatic N) is 1. The number of hydrogen-bond donors (Lipinski definition) is 0. The van der Waals surface area contributed by atoms with Crippen LogP contribution in [0, 0.1) is 0 Å². The van der Waals surface area contributed by atoms with E-state index in [-0.39, 0.29) is 0 Å². The second-order valence-corrected chi connectivity index (χ2v) is 6.13. The summed E-state index contributed by atoms with van der Waals surface area (Å²) >= 11 is 2.12. The van der Waals surface area contributed by atoms with Gasteiger partial charge >= 0.3 is 0 Å². The van der Waals surface area contributed by atoms with E-state index >= 15 is 0 Å². The lowest BCUT2D eigenvalue weighted by Gasteiger charge is -2.27. The first-order valence-electron chi connectivity index (χ1n) is 6.17. The summed E-state index contributed by atoms with van der Waals surface area (Å²) in [5.41, 5.74) is 0. The first kappa shape index (κ1) is 11.5. The maximum Gasteiger partial charge on any atom is 0.135 e. The molecule has 0 N–H and O–H groups in total. The fraction of sp³-hybridized carbons (Fsp3) is 0.917. The van der Waals surface area contributed by atoms with Gasteiger partial charge in [-0.3, -0.25) is 9.69 Å². The van der Waals surface area contributed by atoms with Gasteiger partial charge in [0.1, 0.15) is 5.78 Å². The molecule has 2 aliphatic rings. The zero-order valence-electron chi connectivity index (χ0n) is 9.58. The summed E-state index contributed by atoms with van der Waals surface area (Å²) in [5.74, 6) is 1.78. The average Bonchev–Trinajstić information content (AvgIpc) is 2.60. The van der Waals surface area contributed by atoms with Gasteiger partial charge < -0.3 is 0 Å². The monoisotopic (exact) mass is 227 g/mol. The molecular weight excluding hydrogens is 206 g/mol. The molecule has 0 aromatic rings. The highest BCUT2D eigenvalue weighted by Crippen LogP contribution is 2.32. The number of unbranched alkanes of at least 4 members (excludes halogenated alkanes) is 1. The Morgan fingerprint density at radius 3 is 3.20 bits per heavy atom. The molecule has 0 spiro atoms. The van der Waals surface area contributed by atoms with Crippen LogP contribution in [0.3, 0.4) is 0 Å². The van der Waals surface area contributed by atoms with Gasteiger partial charge in [0.2, 0.25) is 0 Å². The first-order chi connectivity index (χ1) is 7.29. The van der Waals surface area contributed by atoms with Crippen molar-refractivity contribution in [2.24, 2.45) is 0 Å². The molecule has 2 aliphatic heterocycles. The SMILES string of the molecule is CCCCS[C@H]1C[C@@H]2CC(=O)CCN2C1. The Morgan fingerprint density at radius 1 is 1.53 bits per heavy atom. The highest BCUT2D eigenvalue weighted by Gasteiger charge is 2.35. The third-order valence-electron chi connectivity index (χ3n) is 3.48. The van der Waals surface area contributed by atoms with Crippen LogP contribution in [0.2, 0.25) is 0 Å². The maximum absolute atomic E-state index is 11.3. The van der Waals surface area contributed by atoms with Gasteiger partial charge in [-0.2, -0.15) is 11.8 Å². The predicted octanol–water partition coefficient (Wildman–Crippen LogP) is 2.33. The highest BCUT2D eigenvalue weighted by molar-refractivity contribution is 7.99. The quantitative estimate of drug-likeness (QED) is 0.688. The maximum atomic E-state index is 11.3. The first-order valence-corrected chi connectivity index (χ1v) is 7.22. The van der Waals surface area contributed by atoms with Crippen molar-refractivity contribution in [2.45, 2.75) is 50.3 Å². The number of carbonyl (C=O) groups is 1. The highest BCUT2D eigenvalue weighted by atomic mass is 32.2. The minimum absolute atomic E-state index is 0.482. The van der Waals surface area contributed by atoms with Crippen molar-refractivity contribution in [2.75, 3.05) is 18.8 Å². The molecule has 0 saturated carbocycles. The minimum Gasteiger partial charge on any atom is -0.300 e. The summed E-state index contributed by atoms with van der Waals surface area (Å²) < 4.78 is 0. The topological polar surface area (TPSA) is 20.3 Å². The molecule has 2 rings (SSSR count). The molecule has 0 bridgehead atoms. The van der Waals surface area contributed by atoms with Gasteiger partial charge in [0.25, 0.3) is 0 Å². The second-order valence-electron chi connectivity index (χ2n) is 4.72. The van der Waals surface area contributed by atoms with E-state index in [0.717, 1.165) is 24.6 Å². The van der Waals surface area contributed by atoms with Gasteiger partial charge in [-0.25, -0.2) is 0 Å². The lowest BCUT2D eigenvalue weighted by atomic mass is 10.0. The Hall–Kier alpha value is -0.0200. The fourth-order valence-electron chi connectivity index (χ4n) is 2.57. The predicted molar refractivity (Wildman–Crippen MR) is 65.4 cm³/mol. The second kappa shape index (κ2) is 5.35. The van der Waals surface area contributed by atoms with Crippen molar-refractivity contribution < 1.29 is 4.79 Å². The van der Waals surface area contributed by atoms with Gasteiger partial charge in [0.15, 0.2) is 0 Å². The summed E-state index contributed by atoms with van der Waals surface area (Å²) in [4.78, 5) is 13.9. The molecule has 0 unspecified atom stereocenters. The van der Waals surface area contributed by atoms with E-state index in [2.05, 4.69) is 23.6 Å². The summed E-state index contributed by atoms with van der Waals surface area (Å²) in [5, 5.41) is 0.799. The third kappa shape index (κ3) is 2.97. The van der Waals surface area contributed by atoms with E-state index in [9.17, 15) is 4.79 Å². The Morgan fingerprint density at radius 2 is 2.40 bits per heavy atom. The summed E-state index contributed by atoms with van der Waals surface area (Å²) in [6, 6.07) is 0.588. The molecule has 2 nitrogen and oxygen atoms in total. The number of hydrogen-bond acceptors (Lipinski definition) is 3. The van der Waals surface area contributed by atoms with Crippen molar-refractivity contribution in [1.29, 1.82) is 0 Å². The summed E-state index contributed by atoms with van der Waals surface area (Å²) in [6.07, 6.45) is 5.50. The molecule has 86 valence electrons. The number of carbonyl (C=O) groups excluding carboxylic acids is 1. The fourth-order valence-corrected chi connectivity index (χ4v) is 4.02. The van der Waals surface area contributed by atoms with Crippen LogP contribution in [0.25, 0.3) is 0 Å². The average molecular weight is 227 g/mol. The number of Topliss-reactive ketones (excluding diaryl/α,β-unsaturated/α-hetero) is 1. The Bertz CT molecular complexity index is 232. The number of ketones is 1. The van der Waals surface area contributed by atoms with E-state index in [1.807, 2.05) is 0 Å². The van der Waals surface area contributed by atoms with Crippen molar-refractivity contribution in [3.05, 3.63) is 0 Å². The molecule has 3 heteroatoms. The molecule has 0 aromatic carbocycles. The van der Waals surface area contributed by atoms with Crippen LogP contribution in [0.4, 0.5) is 0 Å². The number of rotatable bonds is 4. The Balaban J connectivity index is 1.75. The van der Waals surface area contributed by atoms with E-state index in [4.69, 9.17) is 0 Å². The number of fused-ring (bicyclic) bond motifs is 1. The molecule has 2 fully saturated rings. The third-order valence-corrected chi connectivity index (χ3v) is 4.82. The van der Waals surface area contributed by atoms with Crippen molar-refractivity contribution >= 4 is 17.5 Å². The molecule has 2 saturated heterocycles. The minimum atomic E-state index is 0.482. The lowest BCUT2D eigenvalue weighted by Crippen LogP contribution is -2.38. The largest absolute Gasteiger partial charge is 0.300 e. The van der Waals surface area contributed by atoms with Crippen LogP contribution in [0.15, 0.2) is 0 Å². The number of thioether (sulfide) groups is 1. The van der Waals surface area contributed by atoms with Crippen LogP contribution in [-0.2, 0) is 4.79 Å². The zero-order valence-corrected chi connectivity index (χ0v) is 10.4. The molecule has 2 atom stereocenters. The summed E-state index contributed by atoms with van der Waals surface area (Å²) in [6.45, 7) is 4.50. The van der Waals surface area contributed by atoms with E-state index in [1.54, 1.807) is 0 Å². The van der Waals surface area contributed by atoms with Crippen LogP contribution in [-0.4, -0.2) is 40.8 Å². The Kier molecular flexibility index (Phi) is 4.09.